The van der Waals surface area contributed by atoms with Crippen LogP contribution < -0.4 is 5.73 Å². The minimum absolute atomic E-state index is 0.229. The van der Waals surface area contributed by atoms with Crippen molar-refractivity contribution >= 4 is 17.4 Å². The Morgan fingerprint density at radius 1 is 1.69 bits per heavy atom. The van der Waals surface area contributed by atoms with Gasteiger partial charge in [0.2, 0.25) is 0 Å². The topological polar surface area (TPSA) is 68.9 Å². The van der Waals surface area contributed by atoms with Crippen molar-refractivity contribution < 1.29 is 4.79 Å². The molecule has 1 atom stereocenters. The van der Waals surface area contributed by atoms with Gasteiger partial charge in [0, 0.05) is 0 Å². The highest BCUT2D eigenvalue weighted by atomic mass is 35.5. The molecule has 0 fully saturated rings. The number of nitrogens with two attached hydrogens (primary N) is 1. The van der Waals surface area contributed by atoms with Gasteiger partial charge in [-0.05, 0) is 13.8 Å². The number of hydrogen-bond donors (Lipinski definition) is 1. The number of hydrogen-bond acceptors (Lipinski definition) is 4. The van der Waals surface area contributed by atoms with Crippen LogP contribution in [0.3, 0.4) is 0 Å². The van der Waals surface area contributed by atoms with Gasteiger partial charge in [-0.25, -0.2) is 9.97 Å². The molecule has 2 N–H and O–H groups in total. The molecule has 0 aromatic carbocycles. The molecule has 1 aromatic rings. The normalized spacial score (nSPS) is 12.6. The van der Waals surface area contributed by atoms with E-state index >= 15 is 0 Å². The van der Waals surface area contributed by atoms with Crippen LogP contribution in [0.2, 0.25) is 5.15 Å². The van der Waals surface area contributed by atoms with E-state index in [-0.39, 0.29) is 11.5 Å². The van der Waals surface area contributed by atoms with E-state index in [0.29, 0.717) is 10.8 Å². The molecule has 13 heavy (non-hydrogen) atoms. The predicted octanol–water partition coefficient (Wildman–Crippen LogP) is 0.968. The third-order valence-corrected chi connectivity index (χ3v) is 1.92. The smallest absolute Gasteiger partial charge is 0.199 e. The van der Waals surface area contributed by atoms with E-state index in [1.807, 2.05) is 0 Å². The second kappa shape index (κ2) is 3.81. The van der Waals surface area contributed by atoms with Crippen molar-refractivity contribution in [3.8, 4) is 0 Å². The molecule has 0 aliphatic rings. The highest BCUT2D eigenvalue weighted by molar-refractivity contribution is 6.30. The van der Waals surface area contributed by atoms with Crippen molar-refractivity contribution in [1.82, 2.24) is 9.97 Å². The van der Waals surface area contributed by atoms with Gasteiger partial charge >= 0.3 is 0 Å². The van der Waals surface area contributed by atoms with Gasteiger partial charge in [0.05, 0.1) is 17.9 Å². The summed E-state index contributed by atoms with van der Waals surface area (Å²) >= 11 is 5.65. The van der Waals surface area contributed by atoms with Crippen molar-refractivity contribution in [2.24, 2.45) is 5.73 Å². The first-order chi connectivity index (χ1) is 6.02. The largest absolute Gasteiger partial charge is 0.321 e. The van der Waals surface area contributed by atoms with Gasteiger partial charge in [0.15, 0.2) is 5.78 Å². The second-order valence-electron chi connectivity index (χ2n) is 2.78. The van der Waals surface area contributed by atoms with Gasteiger partial charge < -0.3 is 5.73 Å². The summed E-state index contributed by atoms with van der Waals surface area (Å²) in [6, 6.07) is -0.560. The lowest BCUT2D eigenvalue weighted by atomic mass is 10.2. The fraction of sp³-hybridized carbons (Fsp3) is 0.375. The third-order valence-electron chi connectivity index (χ3n) is 1.55. The lowest BCUT2D eigenvalue weighted by Crippen LogP contribution is -2.27. The Kier molecular flexibility index (Phi) is 2.95. The van der Waals surface area contributed by atoms with Crippen LogP contribution in [-0.4, -0.2) is 21.8 Å². The minimum Gasteiger partial charge on any atom is -0.321 e. The van der Waals surface area contributed by atoms with E-state index in [9.17, 15) is 4.79 Å². The fourth-order valence-electron chi connectivity index (χ4n) is 0.819. The summed E-state index contributed by atoms with van der Waals surface area (Å²) in [5.41, 5.74) is 6.20. The SMILES string of the molecule is Cc1nc(C(=O)C(C)N)cnc1Cl. The van der Waals surface area contributed by atoms with Gasteiger partial charge in [0.25, 0.3) is 0 Å². The minimum atomic E-state index is -0.560. The monoisotopic (exact) mass is 199 g/mol. The molecule has 0 spiro atoms. The van der Waals surface area contributed by atoms with Crippen LogP contribution in [0.15, 0.2) is 6.20 Å². The molecule has 0 bridgehead atoms. The molecule has 0 aliphatic carbocycles. The van der Waals surface area contributed by atoms with Gasteiger partial charge in [-0.15, -0.1) is 0 Å². The highest BCUT2D eigenvalue weighted by Gasteiger charge is 2.13. The van der Waals surface area contributed by atoms with E-state index in [0.717, 1.165) is 0 Å². The number of halogens is 1. The van der Waals surface area contributed by atoms with Crippen molar-refractivity contribution in [2.45, 2.75) is 19.9 Å². The first kappa shape index (κ1) is 10.1. The maximum atomic E-state index is 11.3. The molecular formula is C8H10ClN3O. The Hall–Kier alpha value is -1.00. The summed E-state index contributed by atoms with van der Waals surface area (Å²) in [6.07, 6.45) is 1.33. The predicted molar refractivity (Wildman–Crippen MR) is 49.8 cm³/mol. The van der Waals surface area contributed by atoms with Crippen molar-refractivity contribution in [2.75, 3.05) is 0 Å². The lowest BCUT2D eigenvalue weighted by molar-refractivity contribution is 0.0962. The maximum absolute atomic E-state index is 11.3. The van der Waals surface area contributed by atoms with E-state index in [4.69, 9.17) is 17.3 Å². The van der Waals surface area contributed by atoms with Gasteiger partial charge in [-0.1, -0.05) is 11.6 Å². The maximum Gasteiger partial charge on any atom is 0.199 e. The van der Waals surface area contributed by atoms with E-state index in [1.54, 1.807) is 13.8 Å². The molecule has 1 heterocycles. The van der Waals surface area contributed by atoms with E-state index in [1.165, 1.54) is 6.20 Å². The molecule has 0 amide bonds. The summed E-state index contributed by atoms with van der Waals surface area (Å²) in [7, 11) is 0. The summed E-state index contributed by atoms with van der Waals surface area (Å²) in [5.74, 6) is -0.229. The third kappa shape index (κ3) is 2.23. The van der Waals surface area contributed by atoms with Crippen LogP contribution in [-0.2, 0) is 0 Å². The number of carbonyl (C=O) groups excluding carboxylic acids is 1. The molecule has 1 unspecified atom stereocenters. The Bertz CT molecular complexity index is 338. The fourth-order valence-corrected chi connectivity index (χ4v) is 0.910. The Morgan fingerprint density at radius 2 is 2.31 bits per heavy atom. The molecule has 70 valence electrons. The molecule has 0 saturated heterocycles. The highest BCUT2D eigenvalue weighted by Crippen LogP contribution is 2.09. The molecular weight excluding hydrogens is 190 g/mol. The molecule has 5 heteroatoms. The molecule has 0 saturated carbocycles. The van der Waals surface area contributed by atoms with Crippen molar-refractivity contribution in [3.63, 3.8) is 0 Å². The number of Topliss-reactive ketones (excluding diaryl/α,β-unsaturated/α-hetero) is 1. The number of rotatable bonds is 2. The number of ketones is 1. The van der Waals surface area contributed by atoms with Crippen LogP contribution in [0, 0.1) is 6.92 Å². The van der Waals surface area contributed by atoms with Crippen molar-refractivity contribution in [1.29, 1.82) is 0 Å². The van der Waals surface area contributed by atoms with Crippen molar-refractivity contribution in [3.05, 3.63) is 22.7 Å². The Balaban J connectivity index is 3.04. The summed E-state index contributed by atoms with van der Waals surface area (Å²) in [6.45, 7) is 3.29. The number of carbonyl (C=O) groups is 1. The molecule has 1 aromatic heterocycles. The number of nitrogens with zero attached hydrogens (tertiary/aromatic N) is 2. The standard InChI is InChI=1S/C8H10ClN3O/c1-4(10)7(13)6-3-11-8(9)5(2)12-6/h3-4H,10H2,1-2H3. The van der Waals surface area contributed by atoms with E-state index < -0.39 is 6.04 Å². The zero-order chi connectivity index (χ0) is 10.0. The zero-order valence-electron chi connectivity index (χ0n) is 7.41. The number of aromatic nitrogens is 2. The Morgan fingerprint density at radius 3 is 2.77 bits per heavy atom. The molecule has 1 rings (SSSR count). The van der Waals surface area contributed by atoms with Crippen LogP contribution in [0.4, 0.5) is 0 Å². The van der Waals surface area contributed by atoms with Gasteiger partial charge in [-0.2, -0.15) is 0 Å². The summed E-state index contributed by atoms with van der Waals surface area (Å²) in [5, 5.41) is 0.307. The summed E-state index contributed by atoms with van der Waals surface area (Å²) in [4.78, 5) is 19.1. The van der Waals surface area contributed by atoms with Gasteiger partial charge in [-0.3, -0.25) is 4.79 Å². The molecule has 4 nitrogen and oxygen atoms in total. The number of aryl methyl sites for hydroxylation is 1. The Labute approximate surface area is 81.1 Å². The van der Waals surface area contributed by atoms with E-state index in [2.05, 4.69) is 9.97 Å². The van der Waals surface area contributed by atoms with Gasteiger partial charge in [0.1, 0.15) is 10.8 Å². The zero-order valence-corrected chi connectivity index (χ0v) is 8.17. The van der Waals surface area contributed by atoms with Crippen LogP contribution in [0.25, 0.3) is 0 Å². The van der Waals surface area contributed by atoms with Crippen LogP contribution in [0.5, 0.6) is 0 Å². The summed E-state index contributed by atoms with van der Waals surface area (Å²) < 4.78 is 0. The van der Waals surface area contributed by atoms with Crippen LogP contribution in [0.1, 0.15) is 23.1 Å². The average molecular weight is 200 g/mol. The first-order valence-corrected chi connectivity index (χ1v) is 4.19. The van der Waals surface area contributed by atoms with Crippen LogP contribution >= 0.6 is 11.6 Å². The lowest BCUT2D eigenvalue weighted by Gasteiger charge is -2.03. The quantitative estimate of drug-likeness (QED) is 0.721. The first-order valence-electron chi connectivity index (χ1n) is 3.81. The molecule has 0 radical (unpaired) electrons. The average Bonchev–Trinajstić information content (AvgIpc) is 2.08. The second-order valence-corrected chi connectivity index (χ2v) is 3.14. The molecule has 0 aliphatic heterocycles.